The Morgan fingerprint density at radius 1 is 1.27 bits per heavy atom. The van der Waals surface area contributed by atoms with Crippen LogP contribution < -0.4 is 15.4 Å². The van der Waals surface area contributed by atoms with E-state index in [1.807, 2.05) is 51.2 Å². The molecule has 0 aliphatic rings. The average molecular weight is 489 g/mol. The molecule has 0 spiro atoms. The highest BCUT2D eigenvalue weighted by Gasteiger charge is 2.09. The number of hydrogen-bond acceptors (Lipinski definition) is 3. The van der Waals surface area contributed by atoms with E-state index in [9.17, 15) is 0 Å². The lowest BCUT2D eigenvalue weighted by molar-refractivity contribution is 0.406. The molecule has 2 N–H and O–H groups in total. The maximum atomic E-state index is 6.02. The number of halogens is 2. The van der Waals surface area contributed by atoms with Crippen LogP contribution in [0, 0.1) is 13.8 Å². The molecule has 0 saturated carbocycles. The minimum Gasteiger partial charge on any atom is -0.496 e. The van der Waals surface area contributed by atoms with Crippen molar-refractivity contribution in [2.45, 2.75) is 33.9 Å². The lowest BCUT2D eigenvalue weighted by Crippen LogP contribution is -2.37. The fraction of sp³-hybridized carbons (Fsp3) is 0.368. The number of ether oxygens (including phenoxy) is 1. The summed E-state index contributed by atoms with van der Waals surface area (Å²) in [6.45, 7) is 7.96. The Labute approximate surface area is 177 Å². The van der Waals surface area contributed by atoms with Gasteiger partial charge in [0.05, 0.1) is 25.9 Å². The fourth-order valence-electron chi connectivity index (χ4n) is 2.56. The van der Waals surface area contributed by atoms with Gasteiger partial charge in [0, 0.05) is 28.9 Å². The van der Waals surface area contributed by atoms with E-state index in [2.05, 4.69) is 20.6 Å². The molecule has 0 bridgehead atoms. The van der Waals surface area contributed by atoms with Crippen molar-refractivity contribution in [3.05, 3.63) is 57.9 Å². The van der Waals surface area contributed by atoms with E-state index in [1.54, 1.807) is 7.11 Å². The van der Waals surface area contributed by atoms with Crippen LogP contribution in [-0.4, -0.2) is 24.6 Å². The van der Waals surface area contributed by atoms with Gasteiger partial charge in [-0.3, -0.25) is 4.98 Å². The number of aliphatic imine (C=N–C) groups is 1. The van der Waals surface area contributed by atoms with Gasteiger partial charge < -0.3 is 15.4 Å². The third-order valence-electron chi connectivity index (χ3n) is 3.83. The van der Waals surface area contributed by atoms with E-state index in [4.69, 9.17) is 16.3 Å². The molecule has 2 aromatic rings. The number of aromatic nitrogens is 1. The minimum atomic E-state index is 0. The first-order valence-corrected chi connectivity index (χ1v) is 8.68. The first kappa shape index (κ1) is 22.5. The van der Waals surface area contributed by atoms with Gasteiger partial charge in [0.2, 0.25) is 0 Å². The van der Waals surface area contributed by atoms with Crippen molar-refractivity contribution in [3.8, 4) is 5.75 Å². The molecule has 0 fully saturated rings. The number of guanidine groups is 1. The van der Waals surface area contributed by atoms with Gasteiger partial charge >= 0.3 is 0 Å². The van der Waals surface area contributed by atoms with Gasteiger partial charge in [-0.15, -0.1) is 24.0 Å². The SMILES string of the molecule is CCNC(=NCc1cccc(Cl)c1)NCc1ncc(C)c(OC)c1C.I. The van der Waals surface area contributed by atoms with Crippen LogP contribution in [-0.2, 0) is 13.1 Å². The largest absolute Gasteiger partial charge is 0.496 e. The number of nitrogens with zero attached hydrogens (tertiary/aromatic N) is 2. The van der Waals surface area contributed by atoms with Crippen LogP contribution in [0.3, 0.4) is 0 Å². The Balaban J connectivity index is 0.00000338. The first-order chi connectivity index (χ1) is 12.0. The van der Waals surface area contributed by atoms with Crippen molar-refractivity contribution in [2.75, 3.05) is 13.7 Å². The quantitative estimate of drug-likeness (QED) is 0.363. The van der Waals surface area contributed by atoms with Crippen molar-refractivity contribution < 1.29 is 4.74 Å². The molecule has 2 rings (SSSR count). The highest BCUT2D eigenvalue weighted by atomic mass is 127. The molecule has 0 aliphatic carbocycles. The van der Waals surface area contributed by atoms with Gasteiger partial charge in [0.1, 0.15) is 5.75 Å². The second kappa shape index (κ2) is 11.2. The van der Waals surface area contributed by atoms with Gasteiger partial charge in [-0.2, -0.15) is 0 Å². The summed E-state index contributed by atoms with van der Waals surface area (Å²) in [5.74, 6) is 1.62. The van der Waals surface area contributed by atoms with Gasteiger partial charge in [0.25, 0.3) is 0 Å². The number of benzene rings is 1. The molecule has 0 saturated heterocycles. The molecule has 1 aromatic heterocycles. The Bertz CT molecular complexity index is 752. The zero-order valence-corrected chi connectivity index (χ0v) is 18.7. The Kier molecular flexibility index (Phi) is 9.72. The molecule has 0 amide bonds. The van der Waals surface area contributed by atoms with E-state index in [0.717, 1.165) is 45.7 Å². The molecule has 0 radical (unpaired) electrons. The lowest BCUT2D eigenvalue weighted by atomic mass is 10.1. The summed E-state index contributed by atoms with van der Waals surface area (Å²) in [7, 11) is 1.68. The number of rotatable bonds is 6. The van der Waals surface area contributed by atoms with Crippen LogP contribution in [0.1, 0.15) is 29.3 Å². The number of aryl methyl sites for hydroxylation is 1. The van der Waals surface area contributed by atoms with Crippen LogP contribution in [0.25, 0.3) is 0 Å². The van der Waals surface area contributed by atoms with E-state index >= 15 is 0 Å². The maximum Gasteiger partial charge on any atom is 0.191 e. The molecular formula is C19H26ClIN4O. The summed E-state index contributed by atoms with van der Waals surface area (Å²) in [5, 5.41) is 7.28. The number of methoxy groups -OCH3 is 1. The number of pyridine rings is 1. The van der Waals surface area contributed by atoms with Crippen molar-refractivity contribution in [1.82, 2.24) is 15.6 Å². The fourth-order valence-corrected chi connectivity index (χ4v) is 2.78. The summed E-state index contributed by atoms with van der Waals surface area (Å²) < 4.78 is 5.46. The highest BCUT2D eigenvalue weighted by Crippen LogP contribution is 2.23. The lowest BCUT2D eigenvalue weighted by Gasteiger charge is -2.15. The molecule has 7 heteroatoms. The third kappa shape index (κ3) is 6.32. The van der Waals surface area contributed by atoms with Crippen LogP contribution >= 0.6 is 35.6 Å². The minimum absolute atomic E-state index is 0. The molecule has 26 heavy (non-hydrogen) atoms. The normalized spacial score (nSPS) is 10.9. The first-order valence-electron chi connectivity index (χ1n) is 8.30. The molecule has 0 unspecified atom stereocenters. The van der Waals surface area contributed by atoms with Crippen LogP contribution in [0.4, 0.5) is 0 Å². The zero-order chi connectivity index (χ0) is 18.2. The van der Waals surface area contributed by atoms with Crippen molar-refractivity contribution in [2.24, 2.45) is 4.99 Å². The van der Waals surface area contributed by atoms with E-state index in [1.165, 1.54) is 0 Å². The topological polar surface area (TPSA) is 58.5 Å². The van der Waals surface area contributed by atoms with Gasteiger partial charge in [-0.05, 0) is 38.5 Å². The van der Waals surface area contributed by atoms with Crippen molar-refractivity contribution >= 4 is 41.5 Å². The summed E-state index contributed by atoms with van der Waals surface area (Å²) in [6, 6.07) is 7.72. The van der Waals surface area contributed by atoms with Gasteiger partial charge in [-0.1, -0.05) is 23.7 Å². The molecule has 1 aromatic carbocycles. The van der Waals surface area contributed by atoms with Crippen LogP contribution in [0.15, 0.2) is 35.5 Å². The second-order valence-corrected chi connectivity index (χ2v) is 6.16. The molecular weight excluding hydrogens is 463 g/mol. The highest BCUT2D eigenvalue weighted by molar-refractivity contribution is 14.0. The molecule has 5 nitrogen and oxygen atoms in total. The zero-order valence-electron chi connectivity index (χ0n) is 15.6. The predicted octanol–water partition coefficient (Wildman–Crippen LogP) is 4.23. The molecule has 1 heterocycles. The Morgan fingerprint density at radius 3 is 2.69 bits per heavy atom. The summed E-state index contributed by atoms with van der Waals surface area (Å²) in [6.07, 6.45) is 1.83. The van der Waals surface area contributed by atoms with Crippen molar-refractivity contribution in [1.29, 1.82) is 0 Å². The average Bonchev–Trinajstić information content (AvgIpc) is 2.59. The Hall–Kier alpha value is -1.54. The van der Waals surface area contributed by atoms with E-state index < -0.39 is 0 Å². The standard InChI is InChI=1S/C19H25ClN4O.HI/c1-5-21-19(23-11-15-7-6-8-16(20)9-15)24-12-17-14(3)18(25-4)13(2)10-22-17;/h6-10H,5,11-12H2,1-4H3,(H2,21,23,24);1H. The van der Waals surface area contributed by atoms with E-state index in [-0.39, 0.29) is 24.0 Å². The maximum absolute atomic E-state index is 6.02. The smallest absolute Gasteiger partial charge is 0.191 e. The molecule has 0 aliphatic heterocycles. The van der Waals surface area contributed by atoms with Gasteiger partial charge in [0.15, 0.2) is 5.96 Å². The third-order valence-corrected chi connectivity index (χ3v) is 4.06. The molecule has 142 valence electrons. The van der Waals surface area contributed by atoms with E-state index in [0.29, 0.717) is 13.1 Å². The monoisotopic (exact) mass is 488 g/mol. The summed E-state index contributed by atoms with van der Waals surface area (Å²) >= 11 is 6.02. The second-order valence-electron chi connectivity index (χ2n) is 5.72. The van der Waals surface area contributed by atoms with Crippen molar-refractivity contribution in [3.63, 3.8) is 0 Å². The van der Waals surface area contributed by atoms with Crippen LogP contribution in [0.5, 0.6) is 5.75 Å². The van der Waals surface area contributed by atoms with Gasteiger partial charge in [-0.25, -0.2) is 4.99 Å². The molecule has 0 atom stereocenters. The number of hydrogen-bond donors (Lipinski definition) is 2. The Morgan fingerprint density at radius 2 is 2.04 bits per heavy atom. The van der Waals surface area contributed by atoms with Crippen LogP contribution in [0.2, 0.25) is 5.02 Å². The summed E-state index contributed by atoms with van der Waals surface area (Å²) in [5.41, 5.74) is 4.08. The predicted molar refractivity (Wildman–Crippen MR) is 119 cm³/mol. The number of nitrogens with one attached hydrogen (secondary N) is 2. The summed E-state index contributed by atoms with van der Waals surface area (Å²) in [4.78, 5) is 9.11.